The molecule has 0 unspecified atom stereocenters. The van der Waals surface area contributed by atoms with Crippen molar-refractivity contribution >= 4 is 12.0 Å². The average Bonchev–Trinajstić information content (AvgIpc) is 2.53. The van der Waals surface area contributed by atoms with Crippen LogP contribution >= 0.6 is 0 Å². The molecule has 0 fully saturated rings. The van der Waals surface area contributed by atoms with Gasteiger partial charge in [-0.05, 0) is 36.3 Å². The van der Waals surface area contributed by atoms with E-state index in [9.17, 15) is 4.79 Å². The second-order valence-corrected chi connectivity index (χ2v) is 4.70. The lowest BCUT2D eigenvalue weighted by molar-refractivity contribution is -0.134. The van der Waals surface area contributed by atoms with Gasteiger partial charge >= 0.3 is 5.97 Å². The Morgan fingerprint density at radius 1 is 1.05 bits per heavy atom. The largest absolute Gasteiger partial charge is 0.489 e. The standard InChI is InChI=1S/C18H18O3/c1-14-3-5-16(6-4-14)13-21-17-10-7-15(8-11-17)9-12-18(19)20-2/h3-12H,13H2,1-2H3. The maximum atomic E-state index is 11.0. The zero-order valence-electron chi connectivity index (χ0n) is 12.2. The number of hydrogen-bond acceptors (Lipinski definition) is 3. The third kappa shape index (κ3) is 4.80. The van der Waals surface area contributed by atoms with Gasteiger partial charge in [0.05, 0.1) is 7.11 Å². The molecule has 0 N–H and O–H groups in total. The van der Waals surface area contributed by atoms with Crippen LogP contribution in [0.4, 0.5) is 0 Å². The van der Waals surface area contributed by atoms with Crippen molar-refractivity contribution in [2.24, 2.45) is 0 Å². The zero-order valence-corrected chi connectivity index (χ0v) is 12.2. The molecule has 0 saturated heterocycles. The van der Waals surface area contributed by atoms with Crippen molar-refractivity contribution < 1.29 is 14.3 Å². The number of methoxy groups -OCH3 is 1. The Bertz CT molecular complexity index is 610. The summed E-state index contributed by atoms with van der Waals surface area (Å²) in [5, 5.41) is 0. The molecule has 0 spiro atoms. The molecule has 0 aliphatic heterocycles. The maximum absolute atomic E-state index is 11.0. The van der Waals surface area contributed by atoms with Gasteiger partial charge in [0.15, 0.2) is 0 Å². The Hall–Kier alpha value is -2.55. The fourth-order valence-electron chi connectivity index (χ4n) is 1.76. The Balaban J connectivity index is 1.91. The van der Waals surface area contributed by atoms with E-state index >= 15 is 0 Å². The highest BCUT2D eigenvalue weighted by Crippen LogP contribution is 2.15. The first kappa shape index (κ1) is 14.9. The topological polar surface area (TPSA) is 35.5 Å². The minimum Gasteiger partial charge on any atom is -0.489 e. The summed E-state index contributed by atoms with van der Waals surface area (Å²) in [5.74, 6) is 0.431. The molecule has 2 aromatic carbocycles. The van der Waals surface area contributed by atoms with Gasteiger partial charge in [0, 0.05) is 6.08 Å². The minimum absolute atomic E-state index is 0.366. The van der Waals surface area contributed by atoms with E-state index in [1.54, 1.807) is 6.08 Å². The first-order valence-electron chi connectivity index (χ1n) is 6.72. The van der Waals surface area contributed by atoms with Crippen LogP contribution in [-0.4, -0.2) is 13.1 Å². The summed E-state index contributed by atoms with van der Waals surface area (Å²) in [6.45, 7) is 2.60. The van der Waals surface area contributed by atoms with E-state index < -0.39 is 0 Å². The quantitative estimate of drug-likeness (QED) is 0.618. The zero-order chi connectivity index (χ0) is 15.1. The van der Waals surface area contributed by atoms with Crippen LogP contribution < -0.4 is 4.74 Å². The molecule has 108 valence electrons. The van der Waals surface area contributed by atoms with Gasteiger partial charge in [0.2, 0.25) is 0 Å². The third-order valence-corrected chi connectivity index (χ3v) is 3.02. The van der Waals surface area contributed by atoms with Crippen LogP contribution in [0, 0.1) is 6.92 Å². The fraction of sp³-hybridized carbons (Fsp3) is 0.167. The number of ether oxygens (including phenoxy) is 2. The van der Waals surface area contributed by atoms with E-state index in [-0.39, 0.29) is 5.97 Å². The van der Waals surface area contributed by atoms with Gasteiger partial charge in [-0.25, -0.2) is 4.79 Å². The Labute approximate surface area is 124 Å². The predicted molar refractivity (Wildman–Crippen MR) is 83.0 cm³/mol. The minimum atomic E-state index is -0.366. The van der Waals surface area contributed by atoms with Gasteiger partial charge < -0.3 is 9.47 Å². The molecule has 0 aliphatic rings. The van der Waals surface area contributed by atoms with Crippen molar-refractivity contribution in [2.45, 2.75) is 13.5 Å². The lowest BCUT2D eigenvalue weighted by Gasteiger charge is -2.06. The molecule has 3 heteroatoms. The molecule has 0 bridgehead atoms. The van der Waals surface area contributed by atoms with Gasteiger partial charge in [-0.15, -0.1) is 0 Å². The van der Waals surface area contributed by atoms with E-state index in [4.69, 9.17) is 4.74 Å². The fourth-order valence-corrected chi connectivity index (χ4v) is 1.76. The number of carbonyl (C=O) groups is 1. The average molecular weight is 282 g/mol. The molecule has 2 rings (SSSR count). The van der Waals surface area contributed by atoms with E-state index in [1.165, 1.54) is 18.7 Å². The second kappa shape index (κ2) is 7.29. The SMILES string of the molecule is COC(=O)C=Cc1ccc(OCc2ccc(C)cc2)cc1. The van der Waals surface area contributed by atoms with Crippen LogP contribution in [0.15, 0.2) is 54.6 Å². The van der Waals surface area contributed by atoms with Gasteiger partial charge in [-0.2, -0.15) is 0 Å². The van der Waals surface area contributed by atoms with Crippen LogP contribution in [0.2, 0.25) is 0 Å². The van der Waals surface area contributed by atoms with Crippen LogP contribution in [0.5, 0.6) is 5.75 Å². The molecule has 0 radical (unpaired) electrons. The van der Waals surface area contributed by atoms with Gasteiger partial charge in [0.1, 0.15) is 12.4 Å². The van der Waals surface area contributed by atoms with E-state index in [1.807, 2.05) is 24.3 Å². The molecule has 0 heterocycles. The normalized spacial score (nSPS) is 10.6. The molecular formula is C18H18O3. The van der Waals surface area contributed by atoms with E-state index in [0.717, 1.165) is 16.9 Å². The number of aryl methyl sites for hydroxylation is 1. The molecule has 0 aliphatic carbocycles. The van der Waals surface area contributed by atoms with Crippen molar-refractivity contribution in [1.82, 2.24) is 0 Å². The van der Waals surface area contributed by atoms with Gasteiger partial charge in [-0.1, -0.05) is 42.0 Å². The summed E-state index contributed by atoms with van der Waals surface area (Å²) in [4.78, 5) is 11.0. The first-order valence-corrected chi connectivity index (χ1v) is 6.72. The molecule has 3 nitrogen and oxygen atoms in total. The first-order chi connectivity index (χ1) is 10.2. The predicted octanol–water partition coefficient (Wildman–Crippen LogP) is 3.76. The molecular weight excluding hydrogens is 264 g/mol. The molecule has 0 amide bonds. The second-order valence-electron chi connectivity index (χ2n) is 4.70. The van der Waals surface area contributed by atoms with Crippen LogP contribution in [0.1, 0.15) is 16.7 Å². The summed E-state index contributed by atoms with van der Waals surface area (Å²) >= 11 is 0. The summed E-state index contributed by atoms with van der Waals surface area (Å²) in [7, 11) is 1.36. The summed E-state index contributed by atoms with van der Waals surface area (Å²) in [5.41, 5.74) is 3.29. The van der Waals surface area contributed by atoms with Crippen molar-refractivity contribution in [3.63, 3.8) is 0 Å². The Morgan fingerprint density at radius 3 is 2.33 bits per heavy atom. The van der Waals surface area contributed by atoms with E-state index in [2.05, 4.69) is 35.9 Å². The molecule has 0 aromatic heterocycles. The summed E-state index contributed by atoms with van der Waals surface area (Å²) < 4.78 is 10.3. The van der Waals surface area contributed by atoms with Crippen molar-refractivity contribution in [1.29, 1.82) is 0 Å². The number of rotatable bonds is 5. The molecule has 0 atom stereocenters. The molecule has 2 aromatic rings. The lowest BCUT2D eigenvalue weighted by atomic mass is 10.2. The monoisotopic (exact) mass is 282 g/mol. The van der Waals surface area contributed by atoms with E-state index in [0.29, 0.717) is 6.61 Å². The van der Waals surface area contributed by atoms with Crippen molar-refractivity contribution in [2.75, 3.05) is 7.11 Å². The number of hydrogen-bond donors (Lipinski definition) is 0. The Kier molecular flexibility index (Phi) is 5.16. The highest BCUT2D eigenvalue weighted by molar-refractivity contribution is 5.86. The number of esters is 1. The Morgan fingerprint density at radius 2 is 1.71 bits per heavy atom. The maximum Gasteiger partial charge on any atom is 0.330 e. The lowest BCUT2D eigenvalue weighted by Crippen LogP contribution is -1.95. The van der Waals surface area contributed by atoms with Crippen molar-refractivity contribution in [3.05, 3.63) is 71.3 Å². The third-order valence-electron chi connectivity index (χ3n) is 3.02. The van der Waals surface area contributed by atoms with Gasteiger partial charge in [0.25, 0.3) is 0 Å². The smallest absolute Gasteiger partial charge is 0.330 e. The van der Waals surface area contributed by atoms with Crippen molar-refractivity contribution in [3.8, 4) is 5.75 Å². The molecule has 0 saturated carbocycles. The summed E-state index contributed by atoms with van der Waals surface area (Å²) in [6, 6.07) is 15.8. The molecule has 21 heavy (non-hydrogen) atoms. The van der Waals surface area contributed by atoms with Crippen LogP contribution in [0.25, 0.3) is 6.08 Å². The highest BCUT2D eigenvalue weighted by Gasteiger charge is 1.97. The number of carbonyl (C=O) groups excluding carboxylic acids is 1. The van der Waals surface area contributed by atoms with Gasteiger partial charge in [-0.3, -0.25) is 0 Å². The van der Waals surface area contributed by atoms with Crippen LogP contribution in [-0.2, 0) is 16.1 Å². The van der Waals surface area contributed by atoms with Crippen LogP contribution in [0.3, 0.4) is 0 Å². The summed E-state index contributed by atoms with van der Waals surface area (Å²) in [6.07, 6.45) is 3.09. The highest BCUT2D eigenvalue weighted by atomic mass is 16.5. The number of benzene rings is 2.